The summed E-state index contributed by atoms with van der Waals surface area (Å²) in [5.74, 6) is 0.274. The summed E-state index contributed by atoms with van der Waals surface area (Å²) in [4.78, 5) is 11.4. The predicted octanol–water partition coefficient (Wildman–Crippen LogP) is 3.94. The van der Waals surface area contributed by atoms with Gasteiger partial charge in [0, 0.05) is 24.2 Å². The molecule has 4 aliphatic carbocycles. The molecule has 0 bridgehead atoms. The predicted molar refractivity (Wildman–Crippen MR) is 104 cm³/mol. The van der Waals surface area contributed by atoms with Gasteiger partial charge in [0.2, 0.25) is 0 Å². The van der Waals surface area contributed by atoms with Crippen molar-refractivity contribution in [3.63, 3.8) is 0 Å². The molecule has 0 unspecified atom stereocenters. The van der Waals surface area contributed by atoms with Gasteiger partial charge >= 0.3 is 5.97 Å². The van der Waals surface area contributed by atoms with E-state index in [0.717, 1.165) is 19.3 Å². The van der Waals surface area contributed by atoms with Crippen LogP contribution in [0.2, 0.25) is 0 Å². The lowest BCUT2D eigenvalue weighted by atomic mass is 9.42. The smallest absolute Gasteiger partial charge is 0.302 e. The average Bonchev–Trinajstić information content (AvgIpc) is 2.89. The van der Waals surface area contributed by atoms with Crippen LogP contribution in [0.1, 0.15) is 72.1 Å². The molecule has 0 spiro atoms. The van der Waals surface area contributed by atoms with Crippen molar-refractivity contribution in [1.29, 1.82) is 0 Å². The normalized spacial score (nSPS) is 55.6. The second-order valence-corrected chi connectivity index (χ2v) is 10.5. The molecule has 0 amide bonds. The molecule has 4 rings (SSSR count). The quantitative estimate of drug-likeness (QED) is 0.550. The highest BCUT2D eigenvalue weighted by Crippen LogP contribution is 2.69. The van der Waals surface area contributed by atoms with E-state index in [0.29, 0.717) is 25.7 Å². The van der Waals surface area contributed by atoms with Gasteiger partial charge in [0.15, 0.2) is 0 Å². The first-order valence-corrected chi connectivity index (χ1v) is 10.9. The summed E-state index contributed by atoms with van der Waals surface area (Å²) in [5, 5.41) is 22.7. The molecule has 9 atom stereocenters. The summed E-state index contributed by atoms with van der Waals surface area (Å²) in [5.41, 5.74) is -3.12. The van der Waals surface area contributed by atoms with Gasteiger partial charge in [0.05, 0.1) is 5.60 Å². The standard InChI is InChI=1S/C23H35FO4/c1-5-22(26)11-8-17-16-12-19(24)23(27)13-15(28-14(2)25)6-9-21(23,4)18(16)7-10-20(17,22)3/h5,15-19,26-27H,1,6-13H2,2-4H3/t15-,16-,17-,18-,19-,20-,21+,22-,23-/m0/s1. The number of carbonyl (C=O) groups excluding carboxylic acids is 1. The molecule has 4 nitrogen and oxygen atoms in total. The maximum atomic E-state index is 15.6. The highest BCUT2D eigenvalue weighted by molar-refractivity contribution is 5.66. The monoisotopic (exact) mass is 394 g/mol. The Bertz CT molecular complexity index is 682. The Morgan fingerprint density at radius 3 is 2.36 bits per heavy atom. The van der Waals surface area contributed by atoms with Crippen LogP contribution in [0.5, 0.6) is 0 Å². The number of rotatable bonds is 2. The molecule has 2 N–H and O–H groups in total. The van der Waals surface area contributed by atoms with Crippen LogP contribution < -0.4 is 0 Å². The second-order valence-electron chi connectivity index (χ2n) is 10.5. The van der Waals surface area contributed by atoms with Crippen molar-refractivity contribution in [2.45, 2.75) is 95.6 Å². The second kappa shape index (κ2) is 6.28. The molecule has 28 heavy (non-hydrogen) atoms. The fourth-order valence-electron chi connectivity index (χ4n) is 7.91. The van der Waals surface area contributed by atoms with Gasteiger partial charge in [0.25, 0.3) is 0 Å². The molecule has 0 heterocycles. The molecule has 0 aliphatic heterocycles. The van der Waals surface area contributed by atoms with E-state index in [1.54, 1.807) is 6.08 Å². The number of halogens is 1. The Labute approximate surface area is 167 Å². The van der Waals surface area contributed by atoms with E-state index in [9.17, 15) is 15.0 Å². The van der Waals surface area contributed by atoms with Crippen molar-refractivity contribution in [3.05, 3.63) is 12.7 Å². The summed E-state index contributed by atoms with van der Waals surface area (Å²) in [6.45, 7) is 9.45. The SMILES string of the molecule is C=C[C@]1(O)CC[C@H]2[C@@H]3C[C@H](F)[C@@]4(O)C[C@@H](OC(C)=O)CC[C@]4(C)[C@H]3CC[C@@]21C. The number of hydrogen-bond donors (Lipinski definition) is 2. The van der Waals surface area contributed by atoms with Crippen molar-refractivity contribution in [3.8, 4) is 0 Å². The molecule has 4 fully saturated rings. The minimum atomic E-state index is -1.45. The number of carbonyl (C=O) groups is 1. The molecule has 0 aromatic carbocycles. The van der Waals surface area contributed by atoms with Gasteiger partial charge in [-0.25, -0.2) is 4.39 Å². The van der Waals surface area contributed by atoms with Gasteiger partial charge in [-0.15, -0.1) is 6.58 Å². The summed E-state index contributed by atoms with van der Waals surface area (Å²) >= 11 is 0. The van der Waals surface area contributed by atoms with Crippen LogP contribution in [0, 0.1) is 28.6 Å². The topological polar surface area (TPSA) is 66.8 Å². The first-order valence-electron chi connectivity index (χ1n) is 10.9. The zero-order valence-corrected chi connectivity index (χ0v) is 17.4. The van der Waals surface area contributed by atoms with Crippen LogP contribution in [-0.4, -0.2) is 39.7 Å². The summed E-state index contributed by atoms with van der Waals surface area (Å²) in [7, 11) is 0. The van der Waals surface area contributed by atoms with Crippen LogP contribution in [0.25, 0.3) is 0 Å². The number of ether oxygens (including phenoxy) is 1. The third-order valence-corrected chi connectivity index (χ3v) is 9.65. The number of hydrogen-bond acceptors (Lipinski definition) is 4. The molecule has 4 saturated carbocycles. The van der Waals surface area contributed by atoms with Crippen molar-refractivity contribution in [2.24, 2.45) is 28.6 Å². The highest BCUT2D eigenvalue weighted by Gasteiger charge is 2.69. The molecule has 4 aliphatic rings. The lowest BCUT2D eigenvalue weighted by Gasteiger charge is -2.65. The third kappa shape index (κ3) is 2.44. The molecule has 158 valence electrons. The zero-order chi connectivity index (χ0) is 20.5. The van der Waals surface area contributed by atoms with Crippen LogP contribution in [-0.2, 0) is 9.53 Å². The molecule has 0 saturated heterocycles. The maximum Gasteiger partial charge on any atom is 0.302 e. The van der Waals surface area contributed by atoms with E-state index in [-0.39, 0.29) is 35.6 Å². The van der Waals surface area contributed by atoms with E-state index in [1.165, 1.54) is 6.92 Å². The van der Waals surface area contributed by atoms with Crippen molar-refractivity contribution in [1.82, 2.24) is 0 Å². The molecule has 0 radical (unpaired) electrons. The van der Waals surface area contributed by atoms with Gasteiger partial charge in [0.1, 0.15) is 17.9 Å². The average molecular weight is 395 g/mol. The fourth-order valence-corrected chi connectivity index (χ4v) is 7.91. The van der Waals surface area contributed by atoms with E-state index >= 15 is 4.39 Å². The summed E-state index contributed by atoms with van der Waals surface area (Å²) in [6.07, 6.45) is 5.15. The van der Waals surface area contributed by atoms with Crippen LogP contribution in [0.4, 0.5) is 4.39 Å². The van der Waals surface area contributed by atoms with Crippen molar-refractivity contribution >= 4 is 5.97 Å². The fraction of sp³-hybridized carbons (Fsp3) is 0.870. The Morgan fingerprint density at radius 2 is 1.71 bits per heavy atom. The van der Waals surface area contributed by atoms with E-state index in [2.05, 4.69) is 20.4 Å². The van der Waals surface area contributed by atoms with Gasteiger partial charge in [-0.05, 0) is 62.7 Å². The first kappa shape index (κ1) is 20.3. The Morgan fingerprint density at radius 1 is 1.11 bits per heavy atom. The lowest BCUT2D eigenvalue weighted by molar-refractivity contribution is -0.254. The Balaban J connectivity index is 1.65. The lowest BCUT2D eigenvalue weighted by Crippen LogP contribution is -2.68. The zero-order valence-electron chi connectivity index (χ0n) is 17.4. The number of aliphatic hydroxyl groups is 2. The van der Waals surface area contributed by atoms with Crippen molar-refractivity contribution < 1.29 is 24.1 Å². The minimum absolute atomic E-state index is 0.165. The van der Waals surface area contributed by atoms with Gasteiger partial charge in [-0.3, -0.25) is 4.79 Å². The molecule has 0 aromatic heterocycles. The van der Waals surface area contributed by atoms with Crippen LogP contribution >= 0.6 is 0 Å². The van der Waals surface area contributed by atoms with E-state index in [4.69, 9.17) is 4.74 Å². The molecular weight excluding hydrogens is 359 g/mol. The molecule has 5 heteroatoms. The Hall–Kier alpha value is -0.940. The Kier molecular flexibility index (Phi) is 4.56. The van der Waals surface area contributed by atoms with Crippen LogP contribution in [0.3, 0.4) is 0 Å². The number of fused-ring (bicyclic) bond motifs is 5. The van der Waals surface area contributed by atoms with Crippen LogP contribution in [0.15, 0.2) is 12.7 Å². The molecule has 0 aromatic rings. The van der Waals surface area contributed by atoms with Gasteiger partial charge in [-0.1, -0.05) is 19.9 Å². The minimum Gasteiger partial charge on any atom is -0.462 e. The van der Waals surface area contributed by atoms with Gasteiger partial charge in [-0.2, -0.15) is 0 Å². The maximum absolute atomic E-state index is 15.6. The number of alkyl halides is 1. The van der Waals surface area contributed by atoms with Gasteiger partial charge < -0.3 is 14.9 Å². The number of esters is 1. The third-order valence-electron chi connectivity index (χ3n) is 9.65. The summed E-state index contributed by atoms with van der Waals surface area (Å²) in [6, 6.07) is 0. The highest BCUT2D eigenvalue weighted by atomic mass is 19.1. The van der Waals surface area contributed by atoms with E-state index < -0.39 is 28.9 Å². The largest absolute Gasteiger partial charge is 0.462 e. The van der Waals surface area contributed by atoms with Crippen molar-refractivity contribution in [2.75, 3.05) is 0 Å². The summed E-state index contributed by atoms with van der Waals surface area (Å²) < 4.78 is 21.0. The van der Waals surface area contributed by atoms with E-state index in [1.807, 2.05) is 0 Å². The molecular formula is C23H35FO4. The first-order chi connectivity index (χ1) is 13.0.